The minimum atomic E-state index is -0.348. The summed E-state index contributed by atoms with van der Waals surface area (Å²) in [6.07, 6.45) is 1.46. The Bertz CT molecular complexity index is 2560. The first-order valence-corrected chi connectivity index (χ1v) is 15.1. The van der Waals surface area contributed by atoms with E-state index in [0.29, 0.717) is 5.84 Å². The van der Waals surface area contributed by atoms with Gasteiger partial charge in [-0.25, -0.2) is 9.98 Å². The van der Waals surface area contributed by atoms with E-state index in [4.69, 9.17) is 19.4 Å². The monoisotopic (exact) mass is 576 g/mol. The van der Waals surface area contributed by atoms with Gasteiger partial charge < -0.3 is 9.73 Å². The lowest BCUT2D eigenvalue weighted by Crippen LogP contribution is -2.33. The van der Waals surface area contributed by atoms with Gasteiger partial charge in [0.05, 0.1) is 5.39 Å². The van der Waals surface area contributed by atoms with Gasteiger partial charge in [-0.3, -0.25) is 4.98 Å². The number of aromatic nitrogens is 1. The van der Waals surface area contributed by atoms with Gasteiger partial charge in [0.2, 0.25) is 0 Å². The molecular weight excluding hydrogens is 552 g/mol. The van der Waals surface area contributed by atoms with Crippen molar-refractivity contribution < 1.29 is 4.42 Å². The van der Waals surface area contributed by atoms with Gasteiger partial charge in [0.15, 0.2) is 11.4 Å². The van der Waals surface area contributed by atoms with Crippen molar-refractivity contribution in [1.82, 2.24) is 10.3 Å². The number of nitrogens with one attached hydrogen (secondary N) is 1. The van der Waals surface area contributed by atoms with Gasteiger partial charge >= 0.3 is 0 Å². The molecule has 0 saturated heterocycles. The third-order valence-electron chi connectivity index (χ3n) is 9.13. The van der Waals surface area contributed by atoms with E-state index in [0.717, 1.165) is 50.0 Å². The van der Waals surface area contributed by atoms with E-state index >= 15 is 0 Å². The standard InChI is InChI=1S/C40H24N4O/c1-2-9-24-22-25(18-17-23(24)8-1)38-42-39(31-20-19-30-27-11-4-3-10-26(27)28-12-5-13-29(31)35(28)30)44-40(43-38)32-14-6-15-33-36(32)37-34(45-33)16-7-21-41-37/h1-22,38H,(H,42,43,44). The first-order chi connectivity index (χ1) is 22.3. The number of benzene rings is 6. The Hall–Kier alpha value is -6.07. The van der Waals surface area contributed by atoms with E-state index in [2.05, 4.69) is 108 Å². The van der Waals surface area contributed by atoms with Gasteiger partial charge in [0.25, 0.3) is 0 Å². The molecule has 1 aliphatic heterocycles. The molecule has 0 spiro atoms. The quantitative estimate of drug-likeness (QED) is 0.228. The van der Waals surface area contributed by atoms with Crippen LogP contribution >= 0.6 is 0 Å². The maximum absolute atomic E-state index is 6.20. The van der Waals surface area contributed by atoms with Gasteiger partial charge in [-0.1, -0.05) is 97.1 Å². The molecule has 1 aliphatic carbocycles. The maximum Gasteiger partial charge on any atom is 0.160 e. The molecule has 6 aromatic carbocycles. The molecule has 45 heavy (non-hydrogen) atoms. The maximum atomic E-state index is 6.20. The predicted molar refractivity (Wildman–Crippen MR) is 183 cm³/mol. The van der Waals surface area contributed by atoms with Crippen LogP contribution in [0, 0.1) is 0 Å². The van der Waals surface area contributed by atoms with Gasteiger partial charge in [0.1, 0.15) is 23.1 Å². The smallest absolute Gasteiger partial charge is 0.160 e. The Morgan fingerprint density at radius 3 is 2.20 bits per heavy atom. The average molecular weight is 577 g/mol. The van der Waals surface area contributed by atoms with Crippen molar-refractivity contribution in [3.05, 3.63) is 150 Å². The van der Waals surface area contributed by atoms with Crippen molar-refractivity contribution in [3.8, 4) is 22.3 Å². The molecule has 0 radical (unpaired) electrons. The van der Waals surface area contributed by atoms with Crippen LogP contribution < -0.4 is 5.32 Å². The number of aliphatic imine (C=N–C) groups is 2. The Morgan fingerprint density at radius 1 is 0.556 bits per heavy atom. The van der Waals surface area contributed by atoms with Crippen LogP contribution in [0.25, 0.3) is 65.9 Å². The minimum Gasteiger partial charge on any atom is -0.454 e. The van der Waals surface area contributed by atoms with Crippen LogP contribution in [-0.4, -0.2) is 16.7 Å². The number of amidine groups is 2. The minimum absolute atomic E-state index is 0.348. The second kappa shape index (κ2) is 9.21. The molecule has 10 rings (SSSR count). The van der Waals surface area contributed by atoms with Crippen LogP contribution in [0.5, 0.6) is 0 Å². The van der Waals surface area contributed by atoms with Crippen molar-refractivity contribution in [2.75, 3.05) is 0 Å². The second-order valence-corrected chi connectivity index (χ2v) is 11.6. The van der Waals surface area contributed by atoms with Crippen molar-refractivity contribution in [2.24, 2.45) is 9.98 Å². The number of rotatable bonds is 3. The molecule has 2 aromatic heterocycles. The molecule has 5 heteroatoms. The summed E-state index contributed by atoms with van der Waals surface area (Å²) in [5.41, 5.74) is 10.4. The molecule has 1 atom stereocenters. The fraction of sp³-hybridized carbons (Fsp3) is 0.0250. The van der Waals surface area contributed by atoms with E-state index in [-0.39, 0.29) is 6.17 Å². The molecule has 8 aromatic rings. The Kier molecular flexibility index (Phi) is 4.99. The second-order valence-electron chi connectivity index (χ2n) is 11.6. The van der Waals surface area contributed by atoms with Crippen molar-refractivity contribution in [1.29, 1.82) is 0 Å². The van der Waals surface area contributed by atoms with Crippen LogP contribution in [0.1, 0.15) is 22.9 Å². The number of pyridine rings is 1. The highest BCUT2D eigenvalue weighted by atomic mass is 16.3. The SMILES string of the molecule is c1ccc2c(c1)-c1cccc3c(C4=NC(c5ccc6ccccc6c5)NC(c5cccc6oc7cccnc7c56)=N4)ccc-2c13. The fourth-order valence-corrected chi connectivity index (χ4v) is 7.09. The summed E-state index contributed by atoms with van der Waals surface area (Å²) in [6, 6.07) is 44.5. The molecule has 2 aliphatic rings. The number of hydrogen-bond acceptors (Lipinski definition) is 5. The highest BCUT2D eigenvalue weighted by Crippen LogP contribution is 2.48. The first-order valence-electron chi connectivity index (χ1n) is 15.1. The Balaban J connectivity index is 1.21. The summed E-state index contributed by atoms with van der Waals surface area (Å²) >= 11 is 0. The molecule has 0 fully saturated rings. The number of fused-ring (bicyclic) bond motifs is 7. The van der Waals surface area contributed by atoms with Crippen LogP contribution in [0.2, 0.25) is 0 Å². The third-order valence-corrected chi connectivity index (χ3v) is 9.13. The Labute approximate surface area is 258 Å². The molecule has 0 amide bonds. The highest BCUT2D eigenvalue weighted by Gasteiger charge is 2.27. The zero-order valence-electron chi connectivity index (χ0n) is 24.0. The summed E-state index contributed by atoms with van der Waals surface area (Å²) < 4.78 is 6.20. The lowest BCUT2D eigenvalue weighted by molar-refractivity contribution is 0.667. The van der Waals surface area contributed by atoms with Gasteiger partial charge in [0, 0.05) is 17.3 Å². The van der Waals surface area contributed by atoms with Crippen molar-refractivity contribution in [3.63, 3.8) is 0 Å². The van der Waals surface area contributed by atoms with Crippen molar-refractivity contribution in [2.45, 2.75) is 6.17 Å². The van der Waals surface area contributed by atoms with E-state index in [1.165, 1.54) is 38.4 Å². The van der Waals surface area contributed by atoms with Crippen LogP contribution in [0.4, 0.5) is 0 Å². The summed E-state index contributed by atoms with van der Waals surface area (Å²) in [7, 11) is 0. The molecule has 210 valence electrons. The van der Waals surface area contributed by atoms with E-state index in [1.54, 1.807) is 6.20 Å². The van der Waals surface area contributed by atoms with Crippen molar-refractivity contribution >= 4 is 55.3 Å². The van der Waals surface area contributed by atoms with E-state index in [1.807, 2.05) is 24.3 Å². The molecule has 0 saturated carbocycles. The first kappa shape index (κ1) is 24.4. The van der Waals surface area contributed by atoms with E-state index in [9.17, 15) is 0 Å². The summed E-state index contributed by atoms with van der Waals surface area (Å²) in [5, 5.41) is 9.40. The molecule has 0 bridgehead atoms. The third kappa shape index (κ3) is 3.58. The normalized spacial score (nSPS) is 15.3. The summed E-state index contributed by atoms with van der Waals surface area (Å²) in [5.74, 6) is 1.43. The zero-order chi connectivity index (χ0) is 29.5. The summed E-state index contributed by atoms with van der Waals surface area (Å²) in [4.78, 5) is 15.2. The van der Waals surface area contributed by atoms with Gasteiger partial charge in [-0.15, -0.1) is 0 Å². The lowest BCUT2D eigenvalue weighted by Gasteiger charge is -2.24. The zero-order valence-corrected chi connectivity index (χ0v) is 24.0. The van der Waals surface area contributed by atoms with E-state index < -0.39 is 0 Å². The highest BCUT2D eigenvalue weighted by molar-refractivity contribution is 6.25. The van der Waals surface area contributed by atoms with Crippen LogP contribution in [0.15, 0.2) is 148 Å². The lowest BCUT2D eigenvalue weighted by atomic mass is 9.97. The fourth-order valence-electron chi connectivity index (χ4n) is 7.09. The van der Waals surface area contributed by atoms with Crippen LogP contribution in [0.3, 0.4) is 0 Å². The van der Waals surface area contributed by atoms with Gasteiger partial charge in [-0.05, 0) is 79.7 Å². The molecule has 1 unspecified atom stereocenters. The summed E-state index contributed by atoms with van der Waals surface area (Å²) in [6.45, 7) is 0. The largest absolute Gasteiger partial charge is 0.454 e. The average Bonchev–Trinajstić information content (AvgIpc) is 3.65. The number of hydrogen-bond donors (Lipinski definition) is 1. The Morgan fingerprint density at radius 2 is 1.29 bits per heavy atom. The molecular formula is C40H24N4O. The molecule has 1 N–H and O–H groups in total. The predicted octanol–water partition coefficient (Wildman–Crippen LogP) is 9.43. The molecule has 5 nitrogen and oxygen atoms in total. The molecule has 3 heterocycles. The van der Waals surface area contributed by atoms with Gasteiger partial charge in [-0.2, -0.15) is 0 Å². The van der Waals surface area contributed by atoms with Crippen LogP contribution in [-0.2, 0) is 0 Å². The number of nitrogens with zero attached hydrogens (tertiary/aromatic N) is 3. The number of furan rings is 1. The topological polar surface area (TPSA) is 62.8 Å².